The normalized spacial score (nSPS) is 20.8. The van der Waals surface area contributed by atoms with Crippen LogP contribution >= 0.6 is 0 Å². The van der Waals surface area contributed by atoms with E-state index in [1.165, 1.54) is 12.8 Å². The van der Waals surface area contributed by atoms with Crippen molar-refractivity contribution >= 4 is 11.7 Å². The lowest BCUT2D eigenvalue weighted by Crippen LogP contribution is -2.27. The summed E-state index contributed by atoms with van der Waals surface area (Å²) in [6, 6.07) is 0.437. The highest BCUT2D eigenvalue weighted by Crippen LogP contribution is 2.30. The maximum Gasteiger partial charge on any atom is 0.259 e. The van der Waals surface area contributed by atoms with E-state index in [9.17, 15) is 4.79 Å². The molecule has 3 rings (SSSR count). The van der Waals surface area contributed by atoms with Gasteiger partial charge in [0.05, 0.1) is 6.04 Å². The third-order valence-corrected chi connectivity index (χ3v) is 4.08. The highest BCUT2D eigenvalue weighted by molar-refractivity contribution is 5.98. The van der Waals surface area contributed by atoms with Crippen LogP contribution in [0.25, 0.3) is 0 Å². The van der Waals surface area contributed by atoms with Crippen molar-refractivity contribution in [2.75, 3.05) is 18.8 Å². The lowest BCUT2D eigenvalue weighted by molar-refractivity contribution is 0.0793. The van der Waals surface area contributed by atoms with E-state index in [0.717, 1.165) is 38.8 Å². The van der Waals surface area contributed by atoms with E-state index in [1.54, 1.807) is 0 Å². The Morgan fingerprint density at radius 2 is 1.89 bits per heavy atom. The molecular weight excluding hydrogens is 228 g/mol. The highest BCUT2D eigenvalue weighted by atomic mass is 16.2. The Bertz CT molecular complexity index is 442. The van der Waals surface area contributed by atoms with Crippen molar-refractivity contribution in [3.63, 3.8) is 0 Å². The van der Waals surface area contributed by atoms with Gasteiger partial charge in [-0.2, -0.15) is 5.10 Å². The Labute approximate surface area is 107 Å². The number of likely N-dealkylation sites (tertiary alicyclic amines) is 1. The first-order chi connectivity index (χ1) is 8.75. The van der Waals surface area contributed by atoms with Crippen LogP contribution in [-0.4, -0.2) is 33.7 Å². The van der Waals surface area contributed by atoms with E-state index in [2.05, 4.69) is 5.10 Å². The Morgan fingerprint density at radius 1 is 1.22 bits per heavy atom. The zero-order chi connectivity index (χ0) is 12.5. The van der Waals surface area contributed by atoms with Crippen molar-refractivity contribution in [2.45, 2.75) is 44.6 Å². The zero-order valence-electron chi connectivity index (χ0n) is 10.6. The summed E-state index contributed by atoms with van der Waals surface area (Å²) in [6.07, 6.45) is 8.85. The number of rotatable bonds is 2. The summed E-state index contributed by atoms with van der Waals surface area (Å²) in [7, 11) is 0. The number of aromatic nitrogens is 2. The first-order valence-electron chi connectivity index (χ1n) is 6.89. The summed E-state index contributed by atoms with van der Waals surface area (Å²) >= 11 is 0. The molecule has 1 aromatic rings. The minimum atomic E-state index is 0.0502. The van der Waals surface area contributed by atoms with Crippen LogP contribution in [0.5, 0.6) is 0 Å². The second-order valence-electron chi connectivity index (χ2n) is 5.35. The Morgan fingerprint density at radius 3 is 2.56 bits per heavy atom. The van der Waals surface area contributed by atoms with Crippen LogP contribution in [0.15, 0.2) is 6.20 Å². The van der Waals surface area contributed by atoms with Crippen LogP contribution in [0.2, 0.25) is 0 Å². The number of hydrogen-bond donors (Lipinski definition) is 1. The molecule has 1 saturated carbocycles. The van der Waals surface area contributed by atoms with Crippen molar-refractivity contribution in [3.8, 4) is 0 Å². The number of anilines is 1. The van der Waals surface area contributed by atoms with Crippen LogP contribution in [0.4, 0.5) is 5.82 Å². The standard InChI is InChI=1S/C13H20N4O/c14-12-11(13(18)16-7-3-4-8-16)9-17(15-12)10-5-1-2-6-10/h9-10H,1-8H2,(H2,14,15). The summed E-state index contributed by atoms with van der Waals surface area (Å²) in [5.41, 5.74) is 6.48. The van der Waals surface area contributed by atoms with Crippen LogP contribution in [-0.2, 0) is 0 Å². The molecule has 2 aliphatic rings. The molecule has 2 fully saturated rings. The number of hydrogen-bond acceptors (Lipinski definition) is 3. The van der Waals surface area contributed by atoms with Gasteiger partial charge in [0.2, 0.25) is 0 Å². The van der Waals surface area contributed by atoms with Crippen LogP contribution < -0.4 is 5.73 Å². The predicted octanol–water partition coefficient (Wildman–Crippen LogP) is 1.82. The lowest BCUT2D eigenvalue weighted by atomic mass is 10.2. The molecule has 1 aliphatic carbocycles. The van der Waals surface area contributed by atoms with Crippen LogP contribution in [0.1, 0.15) is 54.9 Å². The number of amides is 1. The molecule has 1 amide bonds. The van der Waals surface area contributed by atoms with E-state index in [1.807, 2.05) is 15.8 Å². The molecular formula is C13H20N4O. The molecule has 1 saturated heterocycles. The number of nitrogens with zero attached hydrogens (tertiary/aromatic N) is 3. The predicted molar refractivity (Wildman–Crippen MR) is 69.3 cm³/mol. The molecule has 0 bridgehead atoms. The van der Waals surface area contributed by atoms with E-state index >= 15 is 0 Å². The molecule has 5 heteroatoms. The lowest BCUT2D eigenvalue weighted by Gasteiger charge is -2.14. The molecule has 2 N–H and O–H groups in total. The second kappa shape index (κ2) is 4.63. The van der Waals surface area contributed by atoms with Gasteiger partial charge in [-0.3, -0.25) is 9.48 Å². The zero-order valence-corrected chi connectivity index (χ0v) is 10.6. The van der Waals surface area contributed by atoms with Gasteiger partial charge in [-0.05, 0) is 25.7 Å². The molecule has 98 valence electrons. The SMILES string of the molecule is Nc1nn(C2CCCC2)cc1C(=O)N1CCCC1. The molecule has 1 aromatic heterocycles. The smallest absolute Gasteiger partial charge is 0.259 e. The first-order valence-corrected chi connectivity index (χ1v) is 6.89. The van der Waals surface area contributed by atoms with Gasteiger partial charge in [0, 0.05) is 19.3 Å². The fourth-order valence-corrected chi connectivity index (χ4v) is 3.02. The molecule has 0 unspecified atom stereocenters. The van der Waals surface area contributed by atoms with Gasteiger partial charge in [0.1, 0.15) is 5.56 Å². The fourth-order valence-electron chi connectivity index (χ4n) is 3.02. The largest absolute Gasteiger partial charge is 0.382 e. The van der Waals surface area contributed by atoms with Crippen molar-refractivity contribution < 1.29 is 4.79 Å². The minimum absolute atomic E-state index is 0.0502. The van der Waals surface area contributed by atoms with Gasteiger partial charge < -0.3 is 10.6 Å². The first kappa shape index (κ1) is 11.6. The molecule has 2 heterocycles. The average molecular weight is 248 g/mol. The monoisotopic (exact) mass is 248 g/mol. The molecule has 0 radical (unpaired) electrons. The van der Waals surface area contributed by atoms with Gasteiger partial charge >= 0.3 is 0 Å². The molecule has 18 heavy (non-hydrogen) atoms. The van der Waals surface area contributed by atoms with Gasteiger partial charge in [-0.1, -0.05) is 12.8 Å². The molecule has 0 atom stereocenters. The Hall–Kier alpha value is -1.52. The van der Waals surface area contributed by atoms with E-state index in [-0.39, 0.29) is 5.91 Å². The summed E-state index contributed by atoms with van der Waals surface area (Å²) in [6.45, 7) is 1.71. The molecule has 5 nitrogen and oxygen atoms in total. The quantitative estimate of drug-likeness (QED) is 0.868. The van der Waals surface area contributed by atoms with Gasteiger partial charge in [0.15, 0.2) is 5.82 Å². The van der Waals surface area contributed by atoms with Crippen molar-refractivity contribution in [2.24, 2.45) is 0 Å². The molecule has 0 aromatic carbocycles. The highest BCUT2D eigenvalue weighted by Gasteiger charge is 2.25. The Balaban J connectivity index is 1.81. The topological polar surface area (TPSA) is 64.1 Å². The van der Waals surface area contributed by atoms with Gasteiger partial charge in [-0.15, -0.1) is 0 Å². The fraction of sp³-hybridized carbons (Fsp3) is 0.692. The maximum absolute atomic E-state index is 12.3. The van der Waals surface area contributed by atoms with E-state index in [4.69, 9.17) is 5.73 Å². The van der Waals surface area contributed by atoms with Crippen LogP contribution in [0.3, 0.4) is 0 Å². The Kier molecular flexibility index (Phi) is 2.97. The molecule has 0 spiro atoms. The number of nitrogens with two attached hydrogens (primary N) is 1. The van der Waals surface area contributed by atoms with Crippen LogP contribution in [0, 0.1) is 0 Å². The minimum Gasteiger partial charge on any atom is -0.382 e. The van der Waals surface area contributed by atoms with Crippen molar-refractivity contribution in [1.82, 2.24) is 14.7 Å². The molecule has 1 aliphatic heterocycles. The van der Waals surface area contributed by atoms with E-state index < -0.39 is 0 Å². The van der Waals surface area contributed by atoms with E-state index in [0.29, 0.717) is 17.4 Å². The summed E-state index contributed by atoms with van der Waals surface area (Å²) < 4.78 is 1.91. The summed E-state index contributed by atoms with van der Waals surface area (Å²) in [4.78, 5) is 14.2. The third-order valence-electron chi connectivity index (χ3n) is 4.08. The number of carbonyl (C=O) groups excluding carboxylic acids is 1. The summed E-state index contributed by atoms with van der Waals surface area (Å²) in [5.74, 6) is 0.438. The van der Waals surface area contributed by atoms with Gasteiger partial charge in [0.25, 0.3) is 5.91 Å². The average Bonchev–Trinajstić information content (AvgIpc) is 3.10. The third kappa shape index (κ3) is 1.98. The van der Waals surface area contributed by atoms with Crippen molar-refractivity contribution in [3.05, 3.63) is 11.8 Å². The summed E-state index contributed by atoms with van der Waals surface area (Å²) in [5, 5.41) is 4.33. The second-order valence-corrected chi connectivity index (χ2v) is 5.35. The van der Waals surface area contributed by atoms with Crippen molar-refractivity contribution in [1.29, 1.82) is 0 Å². The number of nitrogen functional groups attached to an aromatic ring is 1. The number of carbonyl (C=O) groups is 1. The van der Waals surface area contributed by atoms with Gasteiger partial charge in [-0.25, -0.2) is 0 Å². The maximum atomic E-state index is 12.3.